The van der Waals surface area contributed by atoms with Crippen molar-refractivity contribution in [3.05, 3.63) is 29.8 Å². The molecule has 0 aliphatic heterocycles. The highest BCUT2D eigenvalue weighted by Crippen LogP contribution is 2.36. The molecule has 0 radical (unpaired) electrons. The van der Waals surface area contributed by atoms with Crippen molar-refractivity contribution in [1.29, 1.82) is 0 Å². The molecule has 0 amide bonds. The first kappa shape index (κ1) is 16.9. The summed E-state index contributed by atoms with van der Waals surface area (Å²) >= 11 is 0. The van der Waals surface area contributed by atoms with Crippen LogP contribution in [0.4, 0.5) is 5.69 Å². The van der Waals surface area contributed by atoms with E-state index < -0.39 is 0 Å². The number of benzene rings is 1. The summed E-state index contributed by atoms with van der Waals surface area (Å²) in [6, 6.07) is 11.0. The number of hydrogen-bond donors (Lipinski definition) is 0. The summed E-state index contributed by atoms with van der Waals surface area (Å²) in [5.74, 6) is 1.86. The second-order valence-electron chi connectivity index (χ2n) is 8.25. The van der Waals surface area contributed by atoms with Crippen molar-refractivity contribution in [2.24, 2.45) is 11.8 Å². The van der Waals surface area contributed by atoms with Gasteiger partial charge in [-0.05, 0) is 87.3 Å². The third kappa shape index (κ3) is 4.11. The van der Waals surface area contributed by atoms with Crippen LogP contribution in [0.1, 0.15) is 77.7 Å². The number of nitrogens with zero attached hydrogens (tertiary/aromatic N) is 1. The van der Waals surface area contributed by atoms with Crippen molar-refractivity contribution in [3.8, 4) is 0 Å². The van der Waals surface area contributed by atoms with Crippen LogP contribution in [0.5, 0.6) is 0 Å². The fourth-order valence-electron chi connectivity index (χ4n) is 4.66. The molecular weight excluding hydrogens is 278 g/mol. The van der Waals surface area contributed by atoms with Crippen LogP contribution in [0.25, 0.3) is 0 Å². The van der Waals surface area contributed by atoms with Crippen LogP contribution >= 0.6 is 0 Å². The SMILES string of the molecule is CCc1ccc(N(C2CCC(C)CC2)C2CCC(C)CC2)cc1. The molecule has 23 heavy (non-hydrogen) atoms. The van der Waals surface area contributed by atoms with Crippen LogP contribution in [0.3, 0.4) is 0 Å². The Balaban J connectivity index is 1.80. The Kier molecular flexibility index (Phi) is 5.67. The number of anilines is 1. The van der Waals surface area contributed by atoms with E-state index in [-0.39, 0.29) is 0 Å². The average molecular weight is 314 g/mol. The normalized spacial score (nSPS) is 31.8. The minimum Gasteiger partial charge on any atom is -0.366 e. The lowest BCUT2D eigenvalue weighted by Crippen LogP contribution is -2.46. The van der Waals surface area contributed by atoms with Gasteiger partial charge >= 0.3 is 0 Å². The Morgan fingerprint density at radius 3 is 1.57 bits per heavy atom. The third-order valence-corrected chi connectivity index (χ3v) is 6.40. The van der Waals surface area contributed by atoms with Crippen molar-refractivity contribution in [3.63, 3.8) is 0 Å². The quantitative estimate of drug-likeness (QED) is 0.638. The predicted octanol–water partition coefficient (Wildman–Crippen LogP) is 6.21. The molecule has 2 fully saturated rings. The van der Waals surface area contributed by atoms with E-state index in [0.717, 1.165) is 30.3 Å². The monoisotopic (exact) mass is 313 g/mol. The molecule has 0 heterocycles. The second kappa shape index (κ2) is 7.73. The van der Waals surface area contributed by atoms with E-state index in [9.17, 15) is 0 Å². The van der Waals surface area contributed by atoms with Gasteiger partial charge in [0.15, 0.2) is 0 Å². The summed E-state index contributed by atoms with van der Waals surface area (Å²) in [6.07, 6.45) is 12.4. The van der Waals surface area contributed by atoms with E-state index in [2.05, 4.69) is 49.9 Å². The van der Waals surface area contributed by atoms with Gasteiger partial charge in [0.05, 0.1) is 0 Å². The first-order valence-corrected chi connectivity index (χ1v) is 10.0. The molecule has 1 heteroatoms. The third-order valence-electron chi connectivity index (χ3n) is 6.40. The van der Waals surface area contributed by atoms with Crippen molar-refractivity contribution < 1.29 is 0 Å². The average Bonchev–Trinajstić information content (AvgIpc) is 2.59. The van der Waals surface area contributed by atoms with Gasteiger partial charge in [-0.3, -0.25) is 0 Å². The van der Waals surface area contributed by atoms with Crippen LogP contribution in [0.15, 0.2) is 24.3 Å². The van der Waals surface area contributed by atoms with E-state index in [1.807, 2.05) is 0 Å². The van der Waals surface area contributed by atoms with E-state index >= 15 is 0 Å². The molecule has 0 atom stereocenters. The van der Waals surface area contributed by atoms with Crippen LogP contribution in [-0.2, 0) is 6.42 Å². The Morgan fingerprint density at radius 1 is 0.739 bits per heavy atom. The molecule has 3 rings (SSSR count). The molecule has 1 aromatic carbocycles. The summed E-state index contributed by atoms with van der Waals surface area (Å²) in [4.78, 5) is 2.84. The second-order valence-corrected chi connectivity index (χ2v) is 8.25. The molecule has 2 aliphatic carbocycles. The predicted molar refractivity (Wildman–Crippen MR) is 101 cm³/mol. The fourth-order valence-corrected chi connectivity index (χ4v) is 4.66. The van der Waals surface area contributed by atoms with Crippen LogP contribution in [0, 0.1) is 11.8 Å². The molecule has 1 aromatic rings. The molecular formula is C22H35N. The molecule has 0 aromatic heterocycles. The largest absolute Gasteiger partial charge is 0.366 e. The highest BCUT2D eigenvalue weighted by Gasteiger charge is 2.31. The fraction of sp³-hybridized carbons (Fsp3) is 0.727. The van der Waals surface area contributed by atoms with Gasteiger partial charge in [-0.1, -0.05) is 32.9 Å². The molecule has 0 saturated heterocycles. The van der Waals surface area contributed by atoms with E-state index in [0.29, 0.717) is 0 Å². The summed E-state index contributed by atoms with van der Waals surface area (Å²) < 4.78 is 0. The Bertz CT molecular complexity index is 439. The standard InChI is InChI=1S/C22H35N/c1-4-19-9-15-22(16-10-19)23(20-11-5-17(2)6-12-20)21-13-7-18(3)8-14-21/h9-10,15-18,20-21H,4-8,11-14H2,1-3H3. The Labute approximate surface area is 143 Å². The molecule has 128 valence electrons. The van der Waals surface area contributed by atoms with Gasteiger partial charge in [0.2, 0.25) is 0 Å². The van der Waals surface area contributed by atoms with Gasteiger partial charge in [0.1, 0.15) is 0 Å². The molecule has 1 nitrogen and oxygen atoms in total. The first-order chi connectivity index (χ1) is 11.2. The Hall–Kier alpha value is -0.980. The van der Waals surface area contributed by atoms with Crippen LogP contribution in [-0.4, -0.2) is 12.1 Å². The first-order valence-electron chi connectivity index (χ1n) is 10.0. The maximum atomic E-state index is 2.84. The van der Waals surface area contributed by atoms with Gasteiger partial charge in [0, 0.05) is 17.8 Å². The van der Waals surface area contributed by atoms with Gasteiger partial charge in [0.25, 0.3) is 0 Å². The Morgan fingerprint density at radius 2 is 1.17 bits per heavy atom. The minimum absolute atomic E-state index is 0.775. The summed E-state index contributed by atoms with van der Waals surface area (Å²) in [6.45, 7) is 7.11. The van der Waals surface area contributed by atoms with Crippen molar-refractivity contribution in [1.82, 2.24) is 0 Å². The van der Waals surface area contributed by atoms with Crippen molar-refractivity contribution in [2.75, 3.05) is 4.90 Å². The van der Waals surface area contributed by atoms with Crippen LogP contribution in [0.2, 0.25) is 0 Å². The van der Waals surface area contributed by atoms with E-state index in [4.69, 9.17) is 0 Å². The zero-order valence-electron chi connectivity index (χ0n) is 15.4. The number of hydrogen-bond acceptors (Lipinski definition) is 1. The van der Waals surface area contributed by atoms with E-state index in [1.54, 1.807) is 0 Å². The van der Waals surface area contributed by atoms with Crippen molar-refractivity contribution in [2.45, 2.75) is 90.6 Å². The van der Waals surface area contributed by atoms with Crippen molar-refractivity contribution >= 4 is 5.69 Å². The van der Waals surface area contributed by atoms with E-state index in [1.165, 1.54) is 62.6 Å². The summed E-state index contributed by atoms with van der Waals surface area (Å²) in [5.41, 5.74) is 2.95. The summed E-state index contributed by atoms with van der Waals surface area (Å²) in [5, 5.41) is 0. The van der Waals surface area contributed by atoms with Gasteiger partial charge in [-0.25, -0.2) is 0 Å². The lowest BCUT2D eigenvalue weighted by Gasteiger charge is -2.45. The van der Waals surface area contributed by atoms with Crippen LogP contribution < -0.4 is 4.90 Å². The number of aryl methyl sites for hydroxylation is 1. The topological polar surface area (TPSA) is 3.24 Å². The highest BCUT2D eigenvalue weighted by molar-refractivity contribution is 5.50. The highest BCUT2D eigenvalue weighted by atomic mass is 15.2. The maximum absolute atomic E-state index is 2.84. The zero-order chi connectivity index (χ0) is 16.2. The molecule has 2 aliphatic rings. The molecule has 2 saturated carbocycles. The number of rotatable bonds is 4. The lowest BCUT2D eigenvalue weighted by atomic mass is 9.82. The molecule has 0 unspecified atom stereocenters. The molecule has 0 N–H and O–H groups in total. The molecule has 0 spiro atoms. The minimum atomic E-state index is 0.775. The molecule has 0 bridgehead atoms. The lowest BCUT2D eigenvalue weighted by molar-refractivity contribution is 0.277. The zero-order valence-corrected chi connectivity index (χ0v) is 15.4. The van der Waals surface area contributed by atoms with Gasteiger partial charge in [-0.15, -0.1) is 0 Å². The smallest absolute Gasteiger partial charge is 0.0371 e. The maximum Gasteiger partial charge on any atom is 0.0371 e. The van der Waals surface area contributed by atoms with Gasteiger partial charge in [-0.2, -0.15) is 0 Å². The van der Waals surface area contributed by atoms with Gasteiger partial charge < -0.3 is 4.90 Å². The summed E-state index contributed by atoms with van der Waals surface area (Å²) in [7, 11) is 0.